The predicted molar refractivity (Wildman–Crippen MR) is 95.4 cm³/mol. The van der Waals surface area contributed by atoms with Crippen LogP contribution in [0, 0.1) is 11.3 Å². The maximum atomic E-state index is 12.6. The van der Waals surface area contributed by atoms with Crippen molar-refractivity contribution in [2.45, 2.75) is 39.7 Å². The van der Waals surface area contributed by atoms with E-state index in [2.05, 4.69) is 6.07 Å². The highest BCUT2D eigenvalue weighted by molar-refractivity contribution is 5.81. The SMILES string of the molecule is COc1ccc(CC2CC(N)CN(C(=O)C(C)(C)C)C2)cc1OC. The van der Waals surface area contributed by atoms with Gasteiger partial charge in [-0.3, -0.25) is 4.79 Å². The first kappa shape index (κ1) is 18.6. The van der Waals surface area contributed by atoms with Crippen LogP contribution in [0.1, 0.15) is 32.8 Å². The van der Waals surface area contributed by atoms with Gasteiger partial charge in [0.15, 0.2) is 11.5 Å². The van der Waals surface area contributed by atoms with Crippen LogP contribution < -0.4 is 15.2 Å². The second-order valence-corrected chi connectivity index (χ2v) is 7.72. The van der Waals surface area contributed by atoms with E-state index in [1.165, 1.54) is 5.56 Å². The molecule has 5 heteroatoms. The molecule has 1 heterocycles. The summed E-state index contributed by atoms with van der Waals surface area (Å²) >= 11 is 0. The van der Waals surface area contributed by atoms with Crippen molar-refractivity contribution < 1.29 is 14.3 Å². The number of likely N-dealkylation sites (tertiary alicyclic amines) is 1. The zero-order valence-electron chi connectivity index (χ0n) is 15.5. The Kier molecular flexibility index (Phi) is 5.75. The largest absolute Gasteiger partial charge is 0.493 e. The average molecular weight is 334 g/mol. The number of carbonyl (C=O) groups excluding carboxylic acids is 1. The van der Waals surface area contributed by atoms with Crippen LogP contribution in [0.15, 0.2) is 18.2 Å². The molecule has 0 spiro atoms. The van der Waals surface area contributed by atoms with Gasteiger partial charge in [-0.1, -0.05) is 26.8 Å². The summed E-state index contributed by atoms with van der Waals surface area (Å²) in [7, 11) is 3.27. The fourth-order valence-corrected chi connectivity index (χ4v) is 3.38. The van der Waals surface area contributed by atoms with Crippen molar-refractivity contribution in [2.24, 2.45) is 17.1 Å². The van der Waals surface area contributed by atoms with Crippen LogP contribution in [0.4, 0.5) is 0 Å². The van der Waals surface area contributed by atoms with E-state index >= 15 is 0 Å². The monoisotopic (exact) mass is 334 g/mol. The van der Waals surface area contributed by atoms with Crippen molar-refractivity contribution in [1.29, 1.82) is 0 Å². The number of nitrogens with two attached hydrogens (primary N) is 1. The van der Waals surface area contributed by atoms with E-state index in [-0.39, 0.29) is 17.4 Å². The van der Waals surface area contributed by atoms with Gasteiger partial charge < -0.3 is 20.1 Å². The quantitative estimate of drug-likeness (QED) is 0.919. The van der Waals surface area contributed by atoms with Gasteiger partial charge in [0.1, 0.15) is 0 Å². The third-order valence-corrected chi connectivity index (χ3v) is 4.47. The minimum atomic E-state index is -0.370. The molecule has 2 unspecified atom stereocenters. The van der Waals surface area contributed by atoms with Crippen molar-refractivity contribution >= 4 is 5.91 Å². The molecule has 2 rings (SSSR count). The van der Waals surface area contributed by atoms with Crippen molar-refractivity contribution in [3.8, 4) is 11.5 Å². The maximum absolute atomic E-state index is 12.6. The van der Waals surface area contributed by atoms with E-state index in [0.29, 0.717) is 12.5 Å². The molecule has 1 aromatic carbocycles. The highest BCUT2D eigenvalue weighted by Crippen LogP contribution is 2.30. The second-order valence-electron chi connectivity index (χ2n) is 7.72. The number of ether oxygens (including phenoxy) is 2. The zero-order chi connectivity index (χ0) is 17.9. The smallest absolute Gasteiger partial charge is 0.228 e. The molecule has 1 fully saturated rings. The molecule has 1 saturated heterocycles. The van der Waals surface area contributed by atoms with Crippen LogP contribution in [0.2, 0.25) is 0 Å². The molecule has 5 nitrogen and oxygen atoms in total. The van der Waals surface area contributed by atoms with E-state index in [0.717, 1.165) is 30.9 Å². The number of rotatable bonds is 4. The summed E-state index contributed by atoms with van der Waals surface area (Å²) in [6.07, 6.45) is 1.81. The van der Waals surface area contributed by atoms with Crippen LogP contribution in [0.5, 0.6) is 11.5 Å². The average Bonchev–Trinajstić information content (AvgIpc) is 2.52. The van der Waals surface area contributed by atoms with E-state index in [4.69, 9.17) is 15.2 Å². The first-order valence-electron chi connectivity index (χ1n) is 8.50. The molecule has 1 amide bonds. The Labute approximate surface area is 145 Å². The van der Waals surface area contributed by atoms with Gasteiger partial charge in [0, 0.05) is 24.5 Å². The van der Waals surface area contributed by atoms with E-state index < -0.39 is 0 Å². The summed E-state index contributed by atoms with van der Waals surface area (Å²) in [5.74, 6) is 2.00. The predicted octanol–water partition coefficient (Wildman–Crippen LogP) is 2.47. The van der Waals surface area contributed by atoms with Gasteiger partial charge in [-0.05, 0) is 36.5 Å². The Balaban J connectivity index is 2.10. The molecule has 1 aromatic rings. The highest BCUT2D eigenvalue weighted by Gasteiger charge is 2.33. The lowest BCUT2D eigenvalue weighted by Crippen LogP contribution is -2.52. The number of carbonyl (C=O) groups is 1. The van der Waals surface area contributed by atoms with Crippen molar-refractivity contribution in [3.05, 3.63) is 23.8 Å². The van der Waals surface area contributed by atoms with Crippen LogP contribution in [0.3, 0.4) is 0 Å². The van der Waals surface area contributed by atoms with Gasteiger partial charge in [-0.15, -0.1) is 0 Å². The highest BCUT2D eigenvalue weighted by atomic mass is 16.5. The molecular formula is C19H30N2O3. The Bertz CT molecular complexity index is 580. The molecule has 2 atom stereocenters. The Morgan fingerprint density at radius 3 is 2.46 bits per heavy atom. The van der Waals surface area contributed by atoms with Crippen LogP contribution in [-0.4, -0.2) is 44.2 Å². The number of amides is 1. The minimum absolute atomic E-state index is 0.0372. The maximum Gasteiger partial charge on any atom is 0.228 e. The lowest BCUT2D eigenvalue weighted by Gasteiger charge is -2.39. The van der Waals surface area contributed by atoms with Crippen LogP contribution in [-0.2, 0) is 11.2 Å². The Morgan fingerprint density at radius 1 is 1.21 bits per heavy atom. The zero-order valence-corrected chi connectivity index (χ0v) is 15.5. The molecule has 1 aliphatic heterocycles. The van der Waals surface area contributed by atoms with E-state index in [1.807, 2.05) is 37.8 Å². The lowest BCUT2D eigenvalue weighted by molar-refractivity contribution is -0.141. The fraction of sp³-hybridized carbons (Fsp3) is 0.632. The van der Waals surface area contributed by atoms with Gasteiger partial charge in [-0.2, -0.15) is 0 Å². The first-order chi connectivity index (χ1) is 11.2. The first-order valence-corrected chi connectivity index (χ1v) is 8.50. The van der Waals surface area contributed by atoms with Crippen molar-refractivity contribution in [1.82, 2.24) is 4.90 Å². The number of benzene rings is 1. The number of hydrogen-bond acceptors (Lipinski definition) is 4. The molecule has 134 valence electrons. The molecule has 0 bridgehead atoms. The van der Waals surface area contributed by atoms with Crippen LogP contribution >= 0.6 is 0 Å². The summed E-state index contributed by atoms with van der Waals surface area (Å²) in [6, 6.07) is 6.02. The fourth-order valence-electron chi connectivity index (χ4n) is 3.38. The molecule has 1 aliphatic rings. The minimum Gasteiger partial charge on any atom is -0.493 e. The Morgan fingerprint density at radius 2 is 1.88 bits per heavy atom. The summed E-state index contributed by atoms with van der Waals surface area (Å²) in [6.45, 7) is 7.28. The van der Waals surface area contributed by atoms with Crippen molar-refractivity contribution in [3.63, 3.8) is 0 Å². The van der Waals surface area contributed by atoms with Crippen molar-refractivity contribution in [2.75, 3.05) is 27.3 Å². The number of methoxy groups -OCH3 is 2. The van der Waals surface area contributed by atoms with Gasteiger partial charge in [0.2, 0.25) is 5.91 Å². The third-order valence-electron chi connectivity index (χ3n) is 4.47. The van der Waals surface area contributed by atoms with E-state index in [1.54, 1.807) is 14.2 Å². The molecule has 2 N–H and O–H groups in total. The summed E-state index contributed by atoms with van der Waals surface area (Å²) in [5, 5.41) is 0. The van der Waals surface area contributed by atoms with Gasteiger partial charge in [0.05, 0.1) is 14.2 Å². The second kappa shape index (κ2) is 7.43. The number of piperidine rings is 1. The lowest BCUT2D eigenvalue weighted by atomic mass is 9.86. The molecule has 0 radical (unpaired) electrons. The Hall–Kier alpha value is -1.75. The normalized spacial score (nSPS) is 21.5. The van der Waals surface area contributed by atoms with Crippen LogP contribution in [0.25, 0.3) is 0 Å². The molecule has 0 saturated carbocycles. The third kappa shape index (κ3) is 4.41. The van der Waals surface area contributed by atoms with Gasteiger partial charge in [-0.25, -0.2) is 0 Å². The summed E-state index contributed by atoms with van der Waals surface area (Å²) in [4.78, 5) is 14.5. The molecule has 0 aromatic heterocycles. The number of nitrogens with zero attached hydrogens (tertiary/aromatic N) is 1. The van der Waals surface area contributed by atoms with Gasteiger partial charge in [0.25, 0.3) is 0 Å². The summed E-state index contributed by atoms with van der Waals surface area (Å²) in [5.41, 5.74) is 7.02. The molecule has 24 heavy (non-hydrogen) atoms. The van der Waals surface area contributed by atoms with Gasteiger partial charge >= 0.3 is 0 Å². The number of hydrogen-bond donors (Lipinski definition) is 1. The molecular weight excluding hydrogens is 304 g/mol. The molecule has 0 aliphatic carbocycles. The van der Waals surface area contributed by atoms with E-state index in [9.17, 15) is 4.79 Å². The standard InChI is InChI=1S/C19H30N2O3/c1-19(2,3)18(22)21-11-14(9-15(20)12-21)8-13-6-7-16(23-4)17(10-13)24-5/h6-7,10,14-15H,8-9,11-12,20H2,1-5H3. The summed E-state index contributed by atoms with van der Waals surface area (Å²) < 4.78 is 10.7. The topological polar surface area (TPSA) is 64.8 Å².